The van der Waals surface area contributed by atoms with Crippen LogP contribution in [0.15, 0.2) is 0 Å². The molecule has 0 bridgehead atoms. The summed E-state index contributed by atoms with van der Waals surface area (Å²) in [5.74, 6) is 0. The van der Waals surface area contributed by atoms with E-state index < -0.39 is 0 Å². The zero-order valence-electron chi connectivity index (χ0n) is 11.0. The zero-order chi connectivity index (χ0) is 11.1. The Labute approximate surface area is 90.9 Å². The molecule has 14 heavy (non-hydrogen) atoms. The minimum Gasteiger partial charge on any atom is -0.296 e. The number of rotatable bonds is 7. The third-order valence-corrected chi connectivity index (χ3v) is 3.18. The quantitative estimate of drug-likeness (QED) is 0.597. The molecule has 0 heterocycles. The van der Waals surface area contributed by atoms with Crippen molar-refractivity contribution in [3.05, 3.63) is 0 Å². The first kappa shape index (κ1) is 14.0. The molecule has 86 valence electrons. The topological polar surface area (TPSA) is 3.24 Å². The van der Waals surface area contributed by atoms with Gasteiger partial charge in [-0.1, -0.05) is 26.7 Å². The van der Waals surface area contributed by atoms with Gasteiger partial charge in [-0.3, -0.25) is 4.90 Å². The molecule has 0 spiro atoms. The van der Waals surface area contributed by atoms with Crippen LogP contribution < -0.4 is 0 Å². The fraction of sp³-hybridized carbons (Fsp3) is 1.00. The lowest BCUT2D eigenvalue weighted by molar-refractivity contribution is 0.103. The maximum absolute atomic E-state index is 2.66. The van der Waals surface area contributed by atoms with Gasteiger partial charge in [0.15, 0.2) is 0 Å². The average Bonchev–Trinajstić information content (AvgIpc) is 2.14. The van der Waals surface area contributed by atoms with Gasteiger partial charge < -0.3 is 0 Å². The van der Waals surface area contributed by atoms with Crippen molar-refractivity contribution < 1.29 is 0 Å². The third kappa shape index (κ3) is 4.45. The monoisotopic (exact) mass is 199 g/mol. The largest absolute Gasteiger partial charge is 0.296 e. The second kappa shape index (κ2) is 7.28. The Hall–Kier alpha value is -0.0400. The summed E-state index contributed by atoms with van der Waals surface area (Å²) in [6.45, 7) is 13.9. The van der Waals surface area contributed by atoms with Crippen molar-refractivity contribution >= 4 is 0 Å². The van der Waals surface area contributed by atoms with Crippen molar-refractivity contribution in [3.8, 4) is 0 Å². The van der Waals surface area contributed by atoms with Gasteiger partial charge in [0.2, 0.25) is 0 Å². The van der Waals surface area contributed by atoms with Crippen LogP contribution in [0.2, 0.25) is 0 Å². The Morgan fingerprint density at radius 2 is 1.50 bits per heavy atom. The summed E-state index contributed by atoms with van der Waals surface area (Å²) in [6, 6.07) is 2.14. The van der Waals surface area contributed by atoms with E-state index in [1.165, 1.54) is 25.7 Å². The fourth-order valence-corrected chi connectivity index (χ4v) is 2.31. The van der Waals surface area contributed by atoms with Crippen LogP contribution in [0, 0.1) is 0 Å². The molecule has 0 amide bonds. The maximum atomic E-state index is 2.66. The molecule has 0 saturated carbocycles. The minimum absolute atomic E-state index is 0.678. The number of hydrogen-bond acceptors (Lipinski definition) is 1. The number of hydrogen-bond donors (Lipinski definition) is 0. The summed E-state index contributed by atoms with van der Waals surface area (Å²) in [5.41, 5.74) is 0. The summed E-state index contributed by atoms with van der Waals surface area (Å²) in [4.78, 5) is 2.66. The molecule has 0 N–H and O–H groups in total. The van der Waals surface area contributed by atoms with Crippen LogP contribution in [0.1, 0.15) is 67.2 Å². The molecule has 0 aliphatic carbocycles. The second-order valence-corrected chi connectivity index (χ2v) is 4.79. The summed E-state index contributed by atoms with van der Waals surface area (Å²) in [5, 5.41) is 0. The molecule has 0 aliphatic rings. The van der Waals surface area contributed by atoms with Gasteiger partial charge >= 0.3 is 0 Å². The van der Waals surface area contributed by atoms with Gasteiger partial charge in [0.25, 0.3) is 0 Å². The van der Waals surface area contributed by atoms with E-state index >= 15 is 0 Å². The van der Waals surface area contributed by atoms with Crippen molar-refractivity contribution in [2.45, 2.75) is 85.4 Å². The summed E-state index contributed by atoms with van der Waals surface area (Å²) in [6.07, 6.45) is 5.28. The zero-order valence-corrected chi connectivity index (χ0v) is 11.0. The van der Waals surface area contributed by atoms with Gasteiger partial charge in [-0.25, -0.2) is 0 Å². The molecular weight excluding hydrogens is 170 g/mol. The molecule has 2 unspecified atom stereocenters. The van der Waals surface area contributed by atoms with Gasteiger partial charge in [0.1, 0.15) is 0 Å². The lowest BCUT2D eigenvalue weighted by atomic mass is 10.0. The predicted octanol–water partition coefficient (Wildman–Crippen LogP) is 4.07. The number of nitrogens with zero attached hydrogens (tertiary/aromatic N) is 1. The van der Waals surface area contributed by atoms with E-state index in [0.29, 0.717) is 6.04 Å². The molecule has 0 aromatic carbocycles. The first-order valence-corrected chi connectivity index (χ1v) is 6.31. The molecule has 1 nitrogen and oxygen atoms in total. The van der Waals surface area contributed by atoms with Crippen molar-refractivity contribution in [3.63, 3.8) is 0 Å². The van der Waals surface area contributed by atoms with E-state index in [1.54, 1.807) is 0 Å². The Kier molecular flexibility index (Phi) is 7.26. The molecule has 2 atom stereocenters. The smallest absolute Gasteiger partial charge is 0.00724 e. The Morgan fingerprint density at radius 3 is 1.86 bits per heavy atom. The van der Waals surface area contributed by atoms with Crippen LogP contribution in [0.25, 0.3) is 0 Å². The standard InChI is InChI=1S/C13H29N/c1-7-9-10-13(6)14(11(3)4)12(5)8-2/h11-13H,7-10H2,1-6H3. The van der Waals surface area contributed by atoms with Gasteiger partial charge in [-0.05, 0) is 40.5 Å². The van der Waals surface area contributed by atoms with Crippen LogP contribution in [0.5, 0.6) is 0 Å². The van der Waals surface area contributed by atoms with E-state index in [1.807, 2.05) is 0 Å². The highest BCUT2D eigenvalue weighted by Crippen LogP contribution is 2.17. The highest BCUT2D eigenvalue weighted by atomic mass is 15.2. The van der Waals surface area contributed by atoms with Crippen LogP contribution in [0.4, 0.5) is 0 Å². The van der Waals surface area contributed by atoms with Crippen LogP contribution >= 0.6 is 0 Å². The lowest BCUT2D eigenvalue weighted by Crippen LogP contribution is -2.44. The summed E-state index contributed by atoms with van der Waals surface area (Å²) in [7, 11) is 0. The molecule has 0 saturated heterocycles. The molecule has 0 aromatic heterocycles. The number of unbranched alkanes of at least 4 members (excludes halogenated alkanes) is 1. The van der Waals surface area contributed by atoms with Crippen LogP contribution in [-0.2, 0) is 0 Å². The summed E-state index contributed by atoms with van der Waals surface area (Å²) < 4.78 is 0. The average molecular weight is 199 g/mol. The van der Waals surface area contributed by atoms with E-state index in [9.17, 15) is 0 Å². The second-order valence-electron chi connectivity index (χ2n) is 4.79. The van der Waals surface area contributed by atoms with E-state index in [2.05, 4.69) is 46.4 Å². The molecular formula is C13H29N. The molecule has 0 aliphatic heterocycles. The Bertz CT molecular complexity index is 131. The third-order valence-electron chi connectivity index (χ3n) is 3.18. The molecule has 0 fully saturated rings. The minimum atomic E-state index is 0.678. The van der Waals surface area contributed by atoms with Crippen molar-refractivity contribution in [1.82, 2.24) is 4.90 Å². The van der Waals surface area contributed by atoms with E-state index in [-0.39, 0.29) is 0 Å². The molecule has 0 rings (SSSR count). The SMILES string of the molecule is CCCCC(C)N(C(C)C)C(C)CC. The van der Waals surface area contributed by atoms with Crippen LogP contribution in [-0.4, -0.2) is 23.0 Å². The van der Waals surface area contributed by atoms with Crippen molar-refractivity contribution in [1.29, 1.82) is 0 Å². The lowest BCUT2D eigenvalue weighted by Gasteiger charge is -2.37. The molecule has 1 heteroatoms. The summed E-state index contributed by atoms with van der Waals surface area (Å²) >= 11 is 0. The van der Waals surface area contributed by atoms with Gasteiger partial charge in [-0.2, -0.15) is 0 Å². The van der Waals surface area contributed by atoms with Crippen LogP contribution in [0.3, 0.4) is 0 Å². The van der Waals surface area contributed by atoms with Crippen molar-refractivity contribution in [2.75, 3.05) is 0 Å². The van der Waals surface area contributed by atoms with E-state index in [4.69, 9.17) is 0 Å². The highest BCUT2D eigenvalue weighted by Gasteiger charge is 2.20. The predicted molar refractivity (Wildman–Crippen MR) is 65.7 cm³/mol. The van der Waals surface area contributed by atoms with Gasteiger partial charge in [0, 0.05) is 18.1 Å². The first-order chi connectivity index (χ1) is 6.54. The molecule has 0 radical (unpaired) electrons. The fourth-order valence-electron chi connectivity index (χ4n) is 2.31. The highest BCUT2D eigenvalue weighted by molar-refractivity contribution is 4.76. The Balaban J connectivity index is 4.18. The molecule has 0 aromatic rings. The Morgan fingerprint density at radius 1 is 0.929 bits per heavy atom. The van der Waals surface area contributed by atoms with Gasteiger partial charge in [0.05, 0.1) is 0 Å². The van der Waals surface area contributed by atoms with Gasteiger partial charge in [-0.15, -0.1) is 0 Å². The van der Waals surface area contributed by atoms with Crippen molar-refractivity contribution in [2.24, 2.45) is 0 Å². The first-order valence-electron chi connectivity index (χ1n) is 6.31. The van der Waals surface area contributed by atoms with E-state index in [0.717, 1.165) is 12.1 Å². The maximum Gasteiger partial charge on any atom is 0.00724 e. The normalized spacial score (nSPS) is 16.3.